The average Bonchev–Trinajstić information content (AvgIpc) is 2.15. The Balaban J connectivity index is 1.81. The van der Waals surface area contributed by atoms with E-state index < -0.39 is 0 Å². The first kappa shape index (κ1) is 12.9. The van der Waals surface area contributed by atoms with Gasteiger partial charge in [-0.1, -0.05) is 26.2 Å². The molecule has 1 unspecified atom stereocenters. The molecule has 1 fully saturated rings. The number of hydrogen-bond donors (Lipinski definition) is 1. The van der Waals surface area contributed by atoms with Gasteiger partial charge < -0.3 is 14.8 Å². The van der Waals surface area contributed by atoms with E-state index in [-0.39, 0.29) is 0 Å². The first-order chi connectivity index (χ1) is 7.33. The van der Waals surface area contributed by atoms with Gasteiger partial charge in [0, 0.05) is 12.6 Å². The van der Waals surface area contributed by atoms with Crippen LogP contribution in [-0.2, 0) is 9.47 Å². The first-order valence-electron chi connectivity index (χ1n) is 6.25. The number of ether oxygens (including phenoxy) is 2. The quantitative estimate of drug-likeness (QED) is 0.596. The Morgan fingerprint density at radius 2 is 2.20 bits per heavy atom. The molecule has 15 heavy (non-hydrogen) atoms. The Kier molecular flexibility index (Phi) is 6.98. The monoisotopic (exact) mass is 215 g/mol. The van der Waals surface area contributed by atoms with E-state index in [0.717, 1.165) is 26.4 Å². The molecule has 1 aliphatic rings. The molecule has 1 aliphatic heterocycles. The van der Waals surface area contributed by atoms with E-state index in [1.54, 1.807) is 0 Å². The van der Waals surface area contributed by atoms with Crippen molar-refractivity contribution in [1.82, 2.24) is 5.32 Å². The Morgan fingerprint density at radius 1 is 1.40 bits per heavy atom. The maximum Gasteiger partial charge on any atom is 0.104 e. The second-order valence-corrected chi connectivity index (χ2v) is 4.38. The van der Waals surface area contributed by atoms with Gasteiger partial charge in [-0.15, -0.1) is 0 Å². The third-order valence-corrected chi connectivity index (χ3v) is 2.80. The molecule has 90 valence electrons. The highest BCUT2D eigenvalue weighted by Gasteiger charge is 2.18. The van der Waals surface area contributed by atoms with Crippen LogP contribution in [0.15, 0.2) is 0 Å². The van der Waals surface area contributed by atoms with Crippen molar-refractivity contribution in [2.24, 2.45) is 0 Å². The highest BCUT2D eigenvalue weighted by atomic mass is 16.6. The van der Waals surface area contributed by atoms with E-state index in [0.29, 0.717) is 12.1 Å². The lowest BCUT2D eigenvalue weighted by molar-refractivity contribution is -0.128. The average molecular weight is 215 g/mol. The molecule has 1 heterocycles. The van der Waals surface area contributed by atoms with Crippen LogP contribution in [0.25, 0.3) is 0 Å². The van der Waals surface area contributed by atoms with Gasteiger partial charge in [-0.2, -0.15) is 0 Å². The van der Waals surface area contributed by atoms with Crippen molar-refractivity contribution in [2.45, 2.75) is 51.7 Å². The molecule has 1 rings (SSSR count). The Morgan fingerprint density at radius 3 is 2.80 bits per heavy atom. The summed E-state index contributed by atoms with van der Waals surface area (Å²) in [5.74, 6) is 0. The van der Waals surface area contributed by atoms with Crippen LogP contribution in [-0.4, -0.2) is 38.5 Å². The lowest BCUT2D eigenvalue weighted by atomic mass is 10.1. The molecule has 1 atom stereocenters. The standard InChI is InChI=1S/C12H25NO2/c1-3-4-5-6-11(2)13-7-8-15-12-9-14-10-12/h11-13H,3-10H2,1-2H3. The van der Waals surface area contributed by atoms with Gasteiger partial charge in [-0.05, 0) is 13.3 Å². The van der Waals surface area contributed by atoms with Crippen LogP contribution >= 0.6 is 0 Å². The Labute approximate surface area is 93.5 Å². The zero-order chi connectivity index (χ0) is 10.9. The van der Waals surface area contributed by atoms with Crippen molar-refractivity contribution >= 4 is 0 Å². The second-order valence-electron chi connectivity index (χ2n) is 4.38. The molecular weight excluding hydrogens is 190 g/mol. The van der Waals surface area contributed by atoms with Gasteiger partial charge in [0.1, 0.15) is 6.10 Å². The minimum Gasteiger partial charge on any atom is -0.376 e. The third kappa shape index (κ3) is 6.13. The first-order valence-corrected chi connectivity index (χ1v) is 6.25. The fourth-order valence-corrected chi connectivity index (χ4v) is 1.64. The summed E-state index contributed by atoms with van der Waals surface area (Å²) in [4.78, 5) is 0. The van der Waals surface area contributed by atoms with E-state index >= 15 is 0 Å². The summed E-state index contributed by atoms with van der Waals surface area (Å²) in [6.07, 6.45) is 5.63. The van der Waals surface area contributed by atoms with Crippen molar-refractivity contribution in [3.63, 3.8) is 0 Å². The van der Waals surface area contributed by atoms with Crippen LogP contribution < -0.4 is 5.32 Å². The number of rotatable bonds is 9. The van der Waals surface area contributed by atoms with Gasteiger partial charge in [0.15, 0.2) is 0 Å². The highest BCUT2D eigenvalue weighted by Crippen LogP contribution is 2.05. The number of nitrogens with one attached hydrogen (secondary N) is 1. The van der Waals surface area contributed by atoms with Crippen molar-refractivity contribution in [1.29, 1.82) is 0 Å². The maximum atomic E-state index is 5.57. The SMILES string of the molecule is CCCCCC(C)NCCOC1COC1. The van der Waals surface area contributed by atoms with Gasteiger partial charge in [0.25, 0.3) is 0 Å². The van der Waals surface area contributed by atoms with Crippen molar-refractivity contribution < 1.29 is 9.47 Å². The summed E-state index contributed by atoms with van der Waals surface area (Å²) in [5, 5.41) is 3.48. The molecule has 1 N–H and O–H groups in total. The molecule has 0 aromatic carbocycles. The van der Waals surface area contributed by atoms with Crippen LogP contribution in [0.4, 0.5) is 0 Å². The lowest BCUT2D eigenvalue weighted by Crippen LogP contribution is -2.38. The van der Waals surface area contributed by atoms with Gasteiger partial charge in [-0.25, -0.2) is 0 Å². The normalized spacial score (nSPS) is 18.8. The van der Waals surface area contributed by atoms with Crippen molar-refractivity contribution in [3.05, 3.63) is 0 Å². The van der Waals surface area contributed by atoms with Crippen LogP contribution in [0.5, 0.6) is 0 Å². The molecule has 0 aliphatic carbocycles. The zero-order valence-electron chi connectivity index (χ0n) is 10.1. The van der Waals surface area contributed by atoms with Gasteiger partial charge in [-0.3, -0.25) is 0 Å². The predicted octanol–water partition coefficient (Wildman–Crippen LogP) is 1.96. The summed E-state index contributed by atoms with van der Waals surface area (Å²) in [6.45, 7) is 7.84. The Hall–Kier alpha value is -0.120. The second kappa shape index (κ2) is 8.08. The summed E-state index contributed by atoms with van der Waals surface area (Å²) < 4.78 is 10.6. The fourth-order valence-electron chi connectivity index (χ4n) is 1.64. The molecule has 0 spiro atoms. The molecular formula is C12H25NO2. The molecule has 0 bridgehead atoms. The lowest BCUT2D eigenvalue weighted by Gasteiger charge is -2.26. The molecule has 0 radical (unpaired) electrons. The zero-order valence-corrected chi connectivity index (χ0v) is 10.1. The van der Waals surface area contributed by atoms with E-state index in [4.69, 9.17) is 9.47 Å². The minimum atomic E-state index is 0.363. The summed E-state index contributed by atoms with van der Waals surface area (Å²) >= 11 is 0. The molecule has 1 saturated heterocycles. The van der Waals surface area contributed by atoms with E-state index in [9.17, 15) is 0 Å². The van der Waals surface area contributed by atoms with Crippen LogP contribution in [0.3, 0.4) is 0 Å². The number of hydrogen-bond acceptors (Lipinski definition) is 3. The predicted molar refractivity (Wildman–Crippen MR) is 62.2 cm³/mol. The topological polar surface area (TPSA) is 30.5 Å². The van der Waals surface area contributed by atoms with Crippen molar-refractivity contribution in [2.75, 3.05) is 26.4 Å². The van der Waals surface area contributed by atoms with Gasteiger partial charge >= 0.3 is 0 Å². The molecule has 3 nitrogen and oxygen atoms in total. The molecule has 3 heteroatoms. The Bertz CT molecular complexity index is 149. The largest absolute Gasteiger partial charge is 0.376 e. The third-order valence-electron chi connectivity index (χ3n) is 2.80. The summed E-state index contributed by atoms with van der Waals surface area (Å²) in [7, 11) is 0. The van der Waals surface area contributed by atoms with Crippen LogP contribution in [0.1, 0.15) is 39.5 Å². The van der Waals surface area contributed by atoms with Crippen LogP contribution in [0, 0.1) is 0 Å². The number of unbranched alkanes of at least 4 members (excludes halogenated alkanes) is 2. The molecule has 0 amide bonds. The highest BCUT2D eigenvalue weighted by molar-refractivity contribution is 4.65. The fraction of sp³-hybridized carbons (Fsp3) is 1.00. The van der Waals surface area contributed by atoms with Crippen molar-refractivity contribution in [3.8, 4) is 0 Å². The maximum absolute atomic E-state index is 5.57. The van der Waals surface area contributed by atoms with E-state index in [2.05, 4.69) is 19.2 Å². The molecule has 0 saturated carbocycles. The minimum absolute atomic E-state index is 0.363. The van der Waals surface area contributed by atoms with Gasteiger partial charge in [0.05, 0.1) is 19.8 Å². The van der Waals surface area contributed by atoms with E-state index in [1.165, 1.54) is 25.7 Å². The van der Waals surface area contributed by atoms with Crippen LogP contribution in [0.2, 0.25) is 0 Å². The smallest absolute Gasteiger partial charge is 0.104 e. The summed E-state index contributed by atoms with van der Waals surface area (Å²) in [6, 6.07) is 0.623. The van der Waals surface area contributed by atoms with E-state index in [1.807, 2.05) is 0 Å². The van der Waals surface area contributed by atoms with Gasteiger partial charge in [0.2, 0.25) is 0 Å². The summed E-state index contributed by atoms with van der Waals surface area (Å²) in [5.41, 5.74) is 0. The molecule has 0 aromatic heterocycles. The molecule has 0 aromatic rings.